The van der Waals surface area contributed by atoms with Crippen molar-refractivity contribution in [2.75, 3.05) is 7.11 Å². The van der Waals surface area contributed by atoms with Crippen molar-refractivity contribution in [3.63, 3.8) is 0 Å². The van der Waals surface area contributed by atoms with Crippen molar-refractivity contribution in [1.82, 2.24) is 0 Å². The van der Waals surface area contributed by atoms with Gasteiger partial charge >= 0.3 is 0 Å². The number of aliphatic hydroxyl groups excluding tert-OH is 1. The predicted octanol–water partition coefficient (Wildman–Crippen LogP) is 4.29. The van der Waals surface area contributed by atoms with Crippen LogP contribution >= 0.6 is 15.9 Å². The zero-order valence-electron chi connectivity index (χ0n) is 11.3. The molecular formula is C17H17BrO2. The minimum Gasteiger partial charge on any atom is -0.497 e. The van der Waals surface area contributed by atoms with E-state index in [0.29, 0.717) is 11.8 Å². The molecule has 0 spiro atoms. The summed E-state index contributed by atoms with van der Waals surface area (Å²) in [5, 5.41) is 10.6. The van der Waals surface area contributed by atoms with Gasteiger partial charge in [0.05, 0.1) is 13.2 Å². The Hall–Kier alpha value is -1.32. The summed E-state index contributed by atoms with van der Waals surface area (Å²) in [7, 11) is 1.64. The van der Waals surface area contributed by atoms with Gasteiger partial charge in [-0.3, -0.25) is 0 Å². The zero-order chi connectivity index (χ0) is 14.1. The molecule has 1 saturated carbocycles. The van der Waals surface area contributed by atoms with Crippen molar-refractivity contribution in [2.24, 2.45) is 5.92 Å². The minimum atomic E-state index is -0.454. The van der Waals surface area contributed by atoms with Crippen LogP contribution in [0.2, 0.25) is 0 Å². The van der Waals surface area contributed by atoms with Crippen molar-refractivity contribution in [3.8, 4) is 5.75 Å². The fourth-order valence-electron chi connectivity index (χ4n) is 2.75. The molecule has 1 aliphatic carbocycles. The molecule has 0 saturated heterocycles. The lowest BCUT2D eigenvalue weighted by Crippen LogP contribution is -2.03. The zero-order valence-corrected chi connectivity index (χ0v) is 12.9. The SMILES string of the molecule is COc1ccc(Br)c(C(O)C2CC2c2ccccc2)c1. The standard InChI is InChI=1S/C17H17BrO2/c1-20-12-7-8-16(18)15(9-12)17(19)14-10-13(14)11-5-3-2-4-6-11/h2-9,13-14,17,19H,10H2,1H3. The van der Waals surface area contributed by atoms with E-state index >= 15 is 0 Å². The number of hydrogen-bond acceptors (Lipinski definition) is 2. The number of hydrogen-bond donors (Lipinski definition) is 1. The fourth-order valence-corrected chi connectivity index (χ4v) is 3.23. The Kier molecular flexibility index (Phi) is 3.81. The Bertz CT molecular complexity index is 597. The van der Waals surface area contributed by atoms with Gasteiger partial charge in [0.2, 0.25) is 0 Å². The molecule has 2 aromatic rings. The third kappa shape index (κ3) is 2.60. The van der Waals surface area contributed by atoms with Crippen LogP contribution in [0.25, 0.3) is 0 Å². The summed E-state index contributed by atoms with van der Waals surface area (Å²) in [5.74, 6) is 1.53. The summed E-state index contributed by atoms with van der Waals surface area (Å²) in [6, 6.07) is 16.1. The Morgan fingerprint density at radius 1 is 1.20 bits per heavy atom. The monoisotopic (exact) mass is 332 g/mol. The van der Waals surface area contributed by atoms with Crippen LogP contribution in [0.15, 0.2) is 53.0 Å². The Balaban J connectivity index is 1.79. The molecule has 2 nitrogen and oxygen atoms in total. The number of rotatable bonds is 4. The topological polar surface area (TPSA) is 29.5 Å². The second-order valence-corrected chi connectivity index (χ2v) is 6.10. The van der Waals surface area contributed by atoms with E-state index in [1.165, 1.54) is 5.56 Å². The molecule has 0 heterocycles. The normalized spacial score (nSPS) is 22.4. The molecule has 3 rings (SSSR count). The van der Waals surface area contributed by atoms with Gasteiger partial charge in [-0.1, -0.05) is 46.3 Å². The molecule has 0 aliphatic heterocycles. The Morgan fingerprint density at radius 2 is 1.95 bits per heavy atom. The summed E-state index contributed by atoms with van der Waals surface area (Å²) in [6.45, 7) is 0. The van der Waals surface area contributed by atoms with Gasteiger partial charge in [-0.05, 0) is 47.6 Å². The summed E-state index contributed by atoms with van der Waals surface area (Å²) in [6.07, 6.45) is 0.583. The summed E-state index contributed by atoms with van der Waals surface area (Å²) in [4.78, 5) is 0. The average Bonchev–Trinajstić information content (AvgIpc) is 3.28. The van der Waals surface area contributed by atoms with Gasteiger partial charge in [0.15, 0.2) is 0 Å². The van der Waals surface area contributed by atoms with E-state index in [1.807, 2.05) is 24.3 Å². The van der Waals surface area contributed by atoms with Crippen molar-refractivity contribution in [1.29, 1.82) is 0 Å². The highest BCUT2D eigenvalue weighted by Gasteiger charge is 2.44. The molecule has 3 atom stereocenters. The molecular weight excluding hydrogens is 316 g/mol. The number of methoxy groups -OCH3 is 1. The number of ether oxygens (including phenoxy) is 1. The van der Waals surface area contributed by atoms with Crippen LogP contribution in [0.3, 0.4) is 0 Å². The Morgan fingerprint density at radius 3 is 2.65 bits per heavy atom. The van der Waals surface area contributed by atoms with Crippen molar-refractivity contribution in [2.45, 2.75) is 18.4 Å². The van der Waals surface area contributed by atoms with Gasteiger partial charge in [0.1, 0.15) is 5.75 Å². The largest absolute Gasteiger partial charge is 0.497 e. The molecule has 0 amide bonds. The quantitative estimate of drug-likeness (QED) is 0.904. The highest BCUT2D eigenvalue weighted by molar-refractivity contribution is 9.10. The van der Waals surface area contributed by atoms with Crippen LogP contribution in [0.5, 0.6) is 5.75 Å². The maximum Gasteiger partial charge on any atom is 0.119 e. The molecule has 0 radical (unpaired) electrons. The predicted molar refractivity (Wildman–Crippen MR) is 82.9 cm³/mol. The third-order valence-corrected chi connectivity index (χ3v) is 4.72. The van der Waals surface area contributed by atoms with Gasteiger partial charge in [-0.25, -0.2) is 0 Å². The van der Waals surface area contributed by atoms with E-state index < -0.39 is 6.10 Å². The summed E-state index contributed by atoms with van der Waals surface area (Å²) >= 11 is 3.52. The number of halogens is 1. The maximum absolute atomic E-state index is 10.6. The van der Waals surface area contributed by atoms with Crippen LogP contribution < -0.4 is 4.74 Å². The molecule has 1 fully saturated rings. The Labute approximate surface area is 127 Å². The summed E-state index contributed by atoms with van der Waals surface area (Å²) < 4.78 is 6.17. The van der Waals surface area contributed by atoms with Gasteiger partial charge in [0.25, 0.3) is 0 Å². The highest BCUT2D eigenvalue weighted by Crippen LogP contribution is 2.54. The van der Waals surface area contributed by atoms with Crippen molar-refractivity contribution >= 4 is 15.9 Å². The molecule has 0 aromatic heterocycles. The smallest absolute Gasteiger partial charge is 0.119 e. The highest BCUT2D eigenvalue weighted by atomic mass is 79.9. The van der Waals surface area contributed by atoms with E-state index in [1.54, 1.807) is 7.11 Å². The number of aliphatic hydroxyl groups is 1. The fraction of sp³-hybridized carbons (Fsp3) is 0.294. The first-order valence-electron chi connectivity index (χ1n) is 6.77. The lowest BCUT2D eigenvalue weighted by atomic mass is 10.0. The molecule has 104 valence electrons. The van der Waals surface area contributed by atoms with Gasteiger partial charge < -0.3 is 9.84 Å². The average molecular weight is 333 g/mol. The van der Waals surface area contributed by atoms with Crippen molar-refractivity contribution < 1.29 is 9.84 Å². The van der Waals surface area contributed by atoms with E-state index in [0.717, 1.165) is 22.2 Å². The van der Waals surface area contributed by atoms with E-state index in [2.05, 4.69) is 40.2 Å². The van der Waals surface area contributed by atoms with E-state index in [4.69, 9.17) is 4.74 Å². The first-order chi connectivity index (χ1) is 9.70. The van der Waals surface area contributed by atoms with Crippen LogP contribution in [0, 0.1) is 5.92 Å². The lowest BCUT2D eigenvalue weighted by Gasteiger charge is -2.14. The molecule has 0 bridgehead atoms. The van der Waals surface area contributed by atoms with Gasteiger partial charge in [-0.15, -0.1) is 0 Å². The second-order valence-electron chi connectivity index (χ2n) is 5.25. The van der Waals surface area contributed by atoms with Crippen LogP contribution in [0.1, 0.15) is 29.6 Å². The third-order valence-electron chi connectivity index (χ3n) is 3.99. The van der Waals surface area contributed by atoms with Crippen LogP contribution in [0.4, 0.5) is 0 Å². The number of benzene rings is 2. The second kappa shape index (κ2) is 5.58. The molecule has 3 unspecified atom stereocenters. The molecule has 3 heteroatoms. The minimum absolute atomic E-state index is 0.292. The van der Waals surface area contributed by atoms with E-state index in [9.17, 15) is 5.11 Å². The molecule has 20 heavy (non-hydrogen) atoms. The van der Waals surface area contributed by atoms with E-state index in [-0.39, 0.29) is 0 Å². The van der Waals surface area contributed by atoms with Crippen molar-refractivity contribution in [3.05, 3.63) is 64.1 Å². The first-order valence-corrected chi connectivity index (χ1v) is 7.56. The molecule has 2 aromatic carbocycles. The maximum atomic E-state index is 10.6. The van der Waals surface area contributed by atoms with Gasteiger partial charge in [-0.2, -0.15) is 0 Å². The molecule has 1 N–H and O–H groups in total. The van der Waals surface area contributed by atoms with Crippen LogP contribution in [-0.4, -0.2) is 12.2 Å². The van der Waals surface area contributed by atoms with Gasteiger partial charge in [0, 0.05) is 4.47 Å². The lowest BCUT2D eigenvalue weighted by molar-refractivity contribution is 0.150. The first kappa shape index (κ1) is 13.7. The molecule has 1 aliphatic rings. The van der Waals surface area contributed by atoms with Crippen LogP contribution in [-0.2, 0) is 0 Å². The summed E-state index contributed by atoms with van der Waals surface area (Å²) in [5.41, 5.74) is 2.23.